The predicted molar refractivity (Wildman–Crippen MR) is 107 cm³/mol. The van der Waals surface area contributed by atoms with Crippen LogP contribution in [0.3, 0.4) is 0 Å². The summed E-state index contributed by atoms with van der Waals surface area (Å²) in [5, 5.41) is 5.42. The van der Waals surface area contributed by atoms with E-state index < -0.39 is 0 Å². The number of quaternary nitrogens is 2. The van der Waals surface area contributed by atoms with Crippen molar-refractivity contribution in [3.8, 4) is 0 Å². The lowest BCUT2D eigenvalue weighted by Crippen LogP contribution is -3.27. The summed E-state index contributed by atoms with van der Waals surface area (Å²) < 4.78 is 0. The zero-order chi connectivity index (χ0) is 18.7. The number of benzene rings is 1. The molecule has 0 unspecified atom stereocenters. The Morgan fingerprint density at radius 2 is 1.85 bits per heavy atom. The number of carbonyl (C=O) groups is 1. The van der Waals surface area contributed by atoms with Gasteiger partial charge in [0.05, 0.1) is 18.0 Å². The van der Waals surface area contributed by atoms with Crippen molar-refractivity contribution in [2.75, 3.05) is 33.2 Å². The van der Waals surface area contributed by atoms with Crippen LogP contribution >= 0.6 is 11.3 Å². The van der Waals surface area contributed by atoms with Gasteiger partial charge in [-0.1, -0.05) is 12.1 Å². The van der Waals surface area contributed by atoms with Crippen molar-refractivity contribution in [3.05, 3.63) is 57.3 Å². The summed E-state index contributed by atoms with van der Waals surface area (Å²) >= 11 is 1.80. The molecule has 2 atom stereocenters. The van der Waals surface area contributed by atoms with Gasteiger partial charge in [-0.05, 0) is 55.5 Å². The summed E-state index contributed by atoms with van der Waals surface area (Å²) in [5.41, 5.74) is 3.13. The van der Waals surface area contributed by atoms with Crippen molar-refractivity contribution in [1.82, 2.24) is 5.32 Å². The van der Waals surface area contributed by atoms with E-state index in [-0.39, 0.29) is 11.9 Å². The fourth-order valence-electron chi connectivity index (χ4n) is 3.83. The summed E-state index contributed by atoms with van der Waals surface area (Å²) in [4.78, 5) is 17.4. The molecule has 0 bridgehead atoms. The van der Waals surface area contributed by atoms with Gasteiger partial charge in [-0.2, -0.15) is 0 Å². The molecule has 1 aromatic heterocycles. The SMILES string of the molecule is Cc1ccc(C(=O)N[C@H](C)[C@H](c2cccs2)[NH+]2CC[NH+](C)CC2)cc1C. The van der Waals surface area contributed by atoms with Gasteiger partial charge in [-0.3, -0.25) is 4.79 Å². The van der Waals surface area contributed by atoms with Crippen molar-refractivity contribution in [3.63, 3.8) is 0 Å². The second-order valence-electron chi connectivity index (χ2n) is 7.67. The quantitative estimate of drug-likeness (QED) is 0.707. The van der Waals surface area contributed by atoms with E-state index in [1.807, 2.05) is 18.2 Å². The molecule has 3 N–H and O–H groups in total. The Balaban J connectivity index is 1.75. The number of carbonyl (C=O) groups excluding carboxylic acids is 1. The molecule has 2 heterocycles. The van der Waals surface area contributed by atoms with E-state index in [9.17, 15) is 4.79 Å². The average molecular weight is 374 g/mol. The third-order valence-corrected chi connectivity index (χ3v) is 6.62. The van der Waals surface area contributed by atoms with Crippen molar-refractivity contribution in [2.45, 2.75) is 32.9 Å². The first kappa shape index (κ1) is 19.1. The normalized spacial score (nSPS) is 22.6. The van der Waals surface area contributed by atoms with Crippen LogP contribution in [0.2, 0.25) is 0 Å². The van der Waals surface area contributed by atoms with Crippen LogP contribution in [0.25, 0.3) is 0 Å². The maximum Gasteiger partial charge on any atom is 0.251 e. The first-order valence-electron chi connectivity index (χ1n) is 9.53. The van der Waals surface area contributed by atoms with Crippen LogP contribution in [0.4, 0.5) is 0 Å². The molecule has 140 valence electrons. The lowest BCUT2D eigenvalue weighted by Gasteiger charge is -2.36. The molecular formula is C21H31N3OS+2. The molecule has 0 saturated carbocycles. The van der Waals surface area contributed by atoms with E-state index in [4.69, 9.17) is 0 Å². The summed E-state index contributed by atoms with van der Waals surface area (Å²) in [6.45, 7) is 11.0. The van der Waals surface area contributed by atoms with E-state index in [0.29, 0.717) is 6.04 Å². The zero-order valence-electron chi connectivity index (χ0n) is 16.3. The highest BCUT2D eigenvalue weighted by atomic mass is 32.1. The van der Waals surface area contributed by atoms with Gasteiger partial charge in [-0.15, -0.1) is 11.3 Å². The van der Waals surface area contributed by atoms with Gasteiger partial charge in [-0.25, -0.2) is 0 Å². The Morgan fingerprint density at radius 1 is 1.12 bits per heavy atom. The minimum atomic E-state index is 0.0290. The van der Waals surface area contributed by atoms with E-state index >= 15 is 0 Å². The third-order valence-electron chi connectivity index (χ3n) is 5.66. The topological polar surface area (TPSA) is 38.0 Å². The van der Waals surface area contributed by atoms with Crippen LogP contribution in [0.15, 0.2) is 35.7 Å². The van der Waals surface area contributed by atoms with Crippen LogP contribution < -0.4 is 15.1 Å². The number of amides is 1. The smallest absolute Gasteiger partial charge is 0.251 e. The van der Waals surface area contributed by atoms with Gasteiger partial charge in [0.15, 0.2) is 0 Å². The van der Waals surface area contributed by atoms with Crippen molar-refractivity contribution < 1.29 is 14.6 Å². The van der Waals surface area contributed by atoms with E-state index in [1.165, 1.54) is 23.5 Å². The maximum absolute atomic E-state index is 12.8. The molecule has 0 spiro atoms. The van der Waals surface area contributed by atoms with E-state index in [0.717, 1.165) is 24.2 Å². The van der Waals surface area contributed by atoms with Gasteiger partial charge < -0.3 is 15.1 Å². The molecule has 1 aromatic carbocycles. The van der Waals surface area contributed by atoms with Crippen molar-refractivity contribution in [2.24, 2.45) is 0 Å². The first-order chi connectivity index (χ1) is 12.5. The van der Waals surface area contributed by atoms with Gasteiger partial charge in [0, 0.05) is 5.56 Å². The number of aryl methyl sites for hydroxylation is 2. The number of likely N-dealkylation sites (N-methyl/N-ethyl adjacent to an activating group) is 1. The second kappa shape index (κ2) is 8.33. The maximum atomic E-state index is 12.8. The summed E-state index contributed by atoms with van der Waals surface area (Å²) in [5.74, 6) is 0.0290. The average Bonchev–Trinajstić information content (AvgIpc) is 3.13. The molecule has 4 nitrogen and oxygen atoms in total. The van der Waals surface area contributed by atoms with Gasteiger partial charge >= 0.3 is 0 Å². The summed E-state index contributed by atoms with van der Waals surface area (Å²) in [6.07, 6.45) is 0. The monoisotopic (exact) mass is 373 g/mol. The molecule has 1 amide bonds. The Hall–Kier alpha value is -1.69. The van der Waals surface area contributed by atoms with E-state index in [2.05, 4.69) is 50.6 Å². The fourth-order valence-corrected chi connectivity index (χ4v) is 4.82. The number of hydrogen-bond acceptors (Lipinski definition) is 2. The van der Waals surface area contributed by atoms with Crippen LogP contribution in [-0.4, -0.2) is 45.2 Å². The largest absolute Gasteiger partial charge is 0.343 e. The Labute approximate surface area is 160 Å². The van der Waals surface area contributed by atoms with Crippen molar-refractivity contribution >= 4 is 17.2 Å². The fraction of sp³-hybridized carbons (Fsp3) is 0.476. The molecule has 3 rings (SSSR count). The molecule has 1 aliphatic heterocycles. The Kier molecular flexibility index (Phi) is 6.12. The zero-order valence-corrected chi connectivity index (χ0v) is 17.1. The van der Waals surface area contributed by atoms with Gasteiger partial charge in [0.25, 0.3) is 5.91 Å². The number of nitrogens with one attached hydrogen (secondary N) is 3. The van der Waals surface area contributed by atoms with Crippen LogP contribution in [0.5, 0.6) is 0 Å². The molecule has 2 aromatic rings. The number of piperazine rings is 1. The molecule has 5 heteroatoms. The predicted octanol–water partition coefficient (Wildman–Crippen LogP) is 0.638. The molecule has 26 heavy (non-hydrogen) atoms. The minimum Gasteiger partial charge on any atom is -0.343 e. The Bertz CT molecular complexity index is 736. The third kappa shape index (κ3) is 4.34. The van der Waals surface area contributed by atoms with Crippen LogP contribution in [-0.2, 0) is 0 Å². The van der Waals surface area contributed by atoms with E-state index in [1.54, 1.807) is 21.1 Å². The number of rotatable bonds is 5. The summed E-state index contributed by atoms with van der Waals surface area (Å²) in [6, 6.07) is 10.7. The summed E-state index contributed by atoms with van der Waals surface area (Å²) in [7, 11) is 2.27. The molecule has 0 radical (unpaired) electrons. The van der Waals surface area contributed by atoms with Crippen LogP contribution in [0, 0.1) is 13.8 Å². The molecule has 1 fully saturated rings. The van der Waals surface area contributed by atoms with Crippen molar-refractivity contribution in [1.29, 1.82) is 0 Å². The van der Waals surface area contributed by atoms with Crippen LogP contribution in [0.1, 0.15) is 39.3 Å². The standard InChI is InChI=1S/C21H29N3OS/c1-15-7-8-18(14-16(15)2)21(25)22-17(3)20(19-6-5-13-26-19)24-11-9-23(4)10-12-24/h5-8,13-14,17,20H,9-12H2,1-4H3,(H,22,25)/p+2/t17-,20-/m1/s1. The lowest BCUT2D eigenvalue weighted by atomic mass is 10.0. The molecular weight excluding hydrogens is 342 g/mol. The number of thiophene rings is 1. The lowest BCUT2D eigenvalue weighted by molar-refractivity contribution is -1.02. The second-order valence-corrected chi connectivity index (χ2v) is 8.65. The highest BCUT2D eigenvalue weighted by molar-refractivity contribution is 7.10. The first-order valence-corrected chi connectivity index (χ1v) is 10.4. The van der Waals surface area contributed by atoms with Gasteiger partial charge in [0.1, 0.15) is 32.2 Å². The molecule has 0 aliphatic carbocycles. The highest BCUT2D eigenvalue weighted by Gasteiger charge is 2.34. The molecule has 1 saturated heterocycles. The van der Waals surface area contributed by atoms with Gasteiger partial charge in [0.2, 0.25) is 0 Å². The molecule has 1 aliphatic rings. The Morgan fingerprint density at radius 3 is 2.46 bits per heavy atom. The highest BCUT2D eigenvalue weighted by Crippen LogP contribution is 2.20. The number of hydrogen-bond donors (Lipinski definition) is 3. The minimum absolute atomic E-state index is 0.0290.